The van der Waals surface area contributed by atoms with Gasteiger partial charge in [0.1, 0.15) is 11.3 Å². The third-order valence-electron chi connectivity index (χ3n) is 6.11. The number of hydrogen-bond donors (Lipinski definition) is 0. The van der Waals surface area contributed by atoms with Crippen molar-refractivity contribution in [2.75, 3.05) is 20.1 Å². The van der Waals surface area contributed by atoms with Crippen LogP contribution in [0.25, 0.3) is 0 Å². The first-order chi connectivity index (χ1) is 13.0. The molecule has 1 nitrogen and oxygen atoms in total. The standard InChI is InChI=1S/C24H29F2N/c1-27(18-12-19-7-3-2-4-8-19)17-6-9-20-21(23(25)13-14-23)10-5-11-22(20)24(26)15-16-24/h2-5,7-8,10-11H,6,9,12-18H2,1H3. The Labute approximate surface area is 161 Å². The highest BCUT2D eigenvalue weighted by Gasteiger charge is 2.50. The molecule has 2 aromatic rings. The first kappa shape index (κ1) is 18.6. The van der Waals surface area contributed by atoms with E-state index in [2.05, 4.69) is 36.2 Å². The molecule has 4 rings (SSSR count). The Kier molecular flexibility index (Phi) is 5.07. The summed E-state index contributed by atoms with van der Waals surface area (Å²) >= 11 is 0. The summed E-state index contributed by atoms with van der Waals surface area (Å²) in [5, 5.41) is 0. The van der Waals surface area contributed by atoms with E-state index in [4.69, 9.17) is 0 Å². The molecular weight excluding hydrogens is 340 g/mol. The van der Waals surface area contributed by atoms with Crippen LogP contribution in [0.3, 0.4) is 0 Å². The van der Waals surface area contributed by atoms with E-state index in [1.807, 2.05) is 24.3 Å². The van der Waals surface area contributed by atoms with Crippen LogP contribution >= 0.6 is 0 Å². The van der Waals surface area contributed by atoms with Gasteiger partial charge in [-0.25, -0.2) is 8.78 Å². The minimum absolute atomic E-state index is 0.583. The first-order valence-electron chi connectivity index (χ1n) is 10.2. The van der Waals surface area contributed by atoms with Gasteiger partial charge in [-0.1, -0.05) is 48.5 Å². The molecule has 2 saturated carbocycles. The molecule has 2 aromatic carbocycles. The van der Waals surface area contributed by atoms with E-state index in [1.165, 1.54) is 5.56 Å². The monoisotopic (exact) mass is 369 g/mol. The van der Waals surface area contributed by atoms with Gasteiger partial charge in [0.15, 0.2) is 0 Å². The second-order valence-corrected chi connectivity index (χ2v) is 8.40. The van der Waals surface area contributed by atoms with Crippen molar-refractivity contribution in [2.24, 2.45) is 0 Å². The number of hydrogen-bond acceptors (Lipinski definition) is 1. The van der Waals surface area contributed by atoms with Gasteiger partial charge in [0, 0.05) is 6.54 Å². The molecule has 0 aliphatic heterocycles. The van der Waals surface area contributed by atoms with Crippen molar-refractivity contribution < 1.29 is 8.78 Å². The quantitative estimate of drug-likeness (QED) is 0.547. The minimum atomic E-state index is -1.20. The van der Waals surface area contributed by atoms with Crippen LogP contribution in [0.15, 0.2) is 48.5 Å². The van der Waals surface area contributed by atoms with E-state index in [0.717, 1.165) is 49.0 Å². The van der Waals surface area contributed by atoms with Crippen LogP contribution in [-0.2, 0) is 24.2 Å². The van der Waals surface area contributed by atoms with Crippen LogP contribution in [0.4, 0.5) is 8.78 Å². The lowest BCUT2D eigenvalue weighted by molar-refractivity contribution is 0.300. The zero-order chi connectivity index (χ0) is 18.9. The van der Waals surface area contributed by atoms with E-state index >= 15 is 0 Å². The van der Waals surface area contributed by atoms with Crippen LogP contribution in [-0.4, -0.2) is 25.0 Å². The zero-order valence-electron chi connectivity index (χ0n) is 16.2. The summed E-state index contributed by atoms with van der Waals surface area (Å²) in [6.45, 7) is 1.94. The van der Waals surface area contributed by atoms with Crippen LogP contribution in [0.1, 0.15) is 54.4 Å². The maximum Gasteiger partial charge on any atom is 0.136 e. The normalized spacial score (nSPS) is 19.3. The number of rotatable bonds is 9. The van der Waals surface area contributed by atoms with Crippen LogP contribution in [0.5, 0.6) is 0 Å². The van der Waals surface area contributed by atoms with Gasteiger partial charge >= 0.3 is 0 Å². The van der Waals surface area contributed by atoms with Crippen LogP contribution in [0.2, 0.25) is 0 Å². The molecule has 0 spiro atoms. The molecule has 0 radical (unpaired) electrons. The van der Waals surface area contributed by atoms with E-state index < -0.39 is 11.3 Å². The molecule has 2 aliphatic carbocycles. The molecule has 3 heteroatoms. The van der Waals surface area contributed by atoms with Crippen molar-refractivity contribution >= 4 is 0 Å². The average Bonchev–Trinajstić information content (AvgIpc) is 3.60. The maximum absolute atomic E-state index is 14.8. The fourth-order valence-electron chi connectivity index (χ4n) is 4.06. The Morgan fingerprint density at radius 3 is 1.93 bits per heavy atom. The largest absolute Gasteiger partial charge is 0.306 e. The van der Waals surface area contributed by atoms with Crippen molar-refractivity contribution in [3.8, 4) is 0 Å². The lowest BCUT2D eigenvalue weighted by Crippen LogP contribution is -2.23. The minimum Gasteiger partial charge on any atom is -0.306 e. The Bertz CT molecular complexity index is 742. The predicted molar refractivity (Wildman–Crippen MR) is 106 cm³/mol. The third kappa shape index (κ3) is 4.24. The number of alkyl halides is 2. The van der Waals surface area contributed by atoms with Gasteiger partial charge in [-0.05, 0) is 80.8 Å². The number of likely N-dealkylation sites (N-methyl/N-ethyl adjacent to an activating group) is 1. The molecule has 0 heterocycles. The number of halogens is 2. The Hall–Kier alpha value is -1.74. The predicted octanol–water partition coefficient (Wildman–Crippen LogP) is 5.71. The fourth-order valence-corrected chi connectivity index (χ4v) is 4.06. The smallest absolute Gasteiger partial charge is 0.136 e. The molecular formula is C24H29F2N. The molecule has 0 bridgehead atoms. The highest BCUT2D eigenvalue weighted by Crippen LogP contribution is 2.55. The molecule has 0 aromatic heterocycles. The van der Waals surface area contributed by atoms with Crippen molar-refractivity contribution in [1.82, 2.24) is 4.90 Å². The topological polar surface area (TPSA) is 3.24 Å². The third-order valence-corrected chi connectivity index (χ3v) is 6.11. The van der Waals surface area contributed by atoms with Crippen LogP contribution < -0.4 is 0 Å². The summed E-state index contributed by atoms with van der Waals surface area (Å²) in [5.74, 6) is 0. The van der Waals surface area contributed by atoms with Gasteiger partial charge in [0.2, 0.25) is 0 Å². The van der Waals surface area contributed by atoms with Gasteiger partial charge < -0.3 is 4.90 Å². The Morgan fingerprint density at radius 1 is 0.778 bits per heavy atom. The van der Waals surface area contributed by atoms with Crippen molar-refractivity contribution in [3.05, 3.63) is 70.8 Å². The summed E-state index contributed by atoms with van der Waals surface area (Å²) in [6.07, 6.45) is 5.05. The van der Waals surface area contributed by atoms with Crippen molar-refractivity contribution in [3.63, 3.8) is 0 Å². The van der Waals surface area contributed by atoms with Gasteiger partial charge in [-0.3, -0.25) is 0 Å². The van der Waals surface area contributed by atoms with E-state index in [0.29, 0.717) is 25.7 Å². The second kappa shape index (κ2) is 7.35. The molecule has 0 N–H and O–H groups in total. The molecule has 0 saturated heterocycles. The summed E-state index contributed by atoms with van der Waals surface area (Å²) in [7, 11) is 2.13. The SMILES string of the molecule is CN(CCCc1c(C2(F)CC2)cccc1C1(F)CC1)CCc1ccccc1. The molecule has 0 atom stereocenters. The Balaban J connectivity index is 1.38. The number of nitrogens with zero attached hydrogens (tertiary/aromatic N) is 1. The van der Waals surface area contributed by atoms with Crippen molar-refractivity contribution in [2.45, 2.75) is 56.3 Å². The van der Waals surface area contributed by atoms with Gasteiger partial charge in [0.05, 0.1) is 0 Å². The lowest BCUT2D eigenvalue weighted by Gasteiger charge is -2.21. The summed E-state index contributed by atoms with van der Waals surface area (Å²) < 4.78 is 29.7. The van der Waals surface area contributed by atoms with E-state index in [1.54, 1.807) is 0 Å². The summed E-state index contributed by atoms with van der Waals surface area (Å²) in [6, 6.07) is 16.1. The molecule has 2 aliphatic rings. The van der Waals surface area contributed by atoms with Gasteiger partial charge in [-0.15, -0.1) is 0 Å². The summed E-state index contributed by atoms with van der Waals surface area (Å²) in [5.41, 5.74) is 1.42. The Morgan fingerprint density at radius 2 is 1.37 bits per heavy atom. The van der Waals surface area contributed by atoms with Gasteiger partial charge in [-0.2, -0.15) is 0 Å². The van der Waals surface area contributed by atoms with E-state index in [9.17, 15) is 8.78 Å². The van der Waals surface area contributed by atoms with Crippen molar-refractivity contribution in [1.29, 1.82) is 0 Å². The summed E-state index contributed by atoms with van der Waals surface area (Å²) in [4.78, 5) is 2.32. The lowest BCUT2D eigenvalue weighted by atomic mass is 9.90. The molecule has 2 fully saturated rings. The molecule has 27 heavy (non-hydrogen) atoms. The maximum atomic E-state index is 14.8. The first-order valence-corrected chi connectivity index (χ1v) is 10.2. The second-order valence-electron chi connectivity index (χ2n) is 8.40. The average molecular weight is 369 g/mol. The highest BCUT2D eigenvalue weighted by molar-refractivity contribution is 5.46. The molecule has 0 unspecified atom stereocenters. The molecule has 0 amide bonds. The highest BCUT2D eigenvalue weighted by atomic mass is 19.1. The number of benzene rings is 2. The zero-order valence-corrected chi connectivity index (χ0v) is 16.2. The van der Waals surface area contributed by atoms with Crippen LogP contribution in [0, 0.1) is 0 Å². The van der Waals surface area contributed by atoms with Gasteiger partial charge in [0.25, 0.3) is 0 Å². The fraction of sp³-hybridized carbons (Fsp3) is 0.500. The van der Waals surface area contributed by atoms with E-state index in [-0.39, 0.29) is 0 Å². The molecule has 144 valence electrons.